The highest BCUT2D eigenvalue weighted by Crippen LogP contribution is 2.19. The van der Waals surface area contributed by atoms with Crippen LogP contribution in [0.4, 0.5) is 0 Å². The van der Waals surface area contributed by atoms with Crippen LogP contribution in [0.3, 0.4) is 0 Å². The molecule has 0 aliphatic rings. The lowest BCUT2D eigenvalue weighted by Crippen LogP contribution is -2.15. The molecule has 0 spiro atoms. The van der Waals surface area contributed by atoms with Crippen LogP contribution in [-0.2, 0) is 0 Å². The number of aliphatic hydroxyl groups is 1. The van der Waals surface area contributed by atoms with E-state index in [0.717, 1.165) is 0 Å². The fourth-order valence-corrected chi connectivity index (χ4v) is 1.63. The minimum Gasteiger partial charge on any atom is -0.396 e. The summed E-state index contributed by atoms with van der Waals surface area (Å²) in [6.07, 6.45) is 5.35. The van der Waals surface area contributed by atoms with Crippen molar-refractivity contribution in [2.45, 2.75) is 12.5 Å². The highest BCUT2D eigenvalue weighted by atomic mass is 35.5. The van der Waals surface area contributed by atoms with E-state index in [9.17, 15) is 0 Å². The van der Waals surface area contributed by atoms with Gasteiger partial charge in [-0.25, -0.2) is 4.98 Å². The third-order valence-electron chi connectivity index (χ3n) is 2.20. The highest BCUT2D eigenvalue weighted by molar-refractivity contribution is 6.29. The second-order valence-electron chi connectivity index (χ2n) is 3.21. The molecule has 0 radical (unpaired) electrons. The molecule has 2 aromatic heterocycles. The van der Waals surface area contributed by atoms with Crippen LogP contribution < -0.4 is 5.73 Å². The van der Waals surface area contributed by atoms with Crippen LogP contribution in [0, 0.1) is 0 Å². The molecule has 2 heterocycles. The molecule has 0 fully saturated rings. The second kappa shape index (κ2) is 4.14. The van der Waals surface area contributed by atoms with Crippen molar-refractivity contribution in [2.24, 2.45) is 5.73 Å². The zero-order valence-corrected chi connectivity index (χ0v) is 8.72. The fraction of sp³-hybridized carbons (Fsp3) is 0.333. The quantitative estimate of drug-likeness (QED) is 0.811. The Morgan fingerprint density at radius 1 is 1.53 bits per heavy atom. The van der Waals surface area contributed by atoms with Crippen LogP contribution in [0.5, 0.6) is 0 Å². The van der Waals surface area contributed by atoms with E-state index < -0.39 is 0 Å². The van der Waals surface area contributed by atoms with Gasteiger partial charge in [0.05, 0.1) is 12.2 Å². The van der Waals surface area contributed by atoms with Crippen LogP contribution in [0.2, 0.25) is 5.15 Å². The molecule has 0 saturated carbocycles. The lowest BCUT2D eigenvalue weighted by atomic mass is 10.1. The third-order valence-corrected chi connectivity index (χ3v) is 2.48. The maximum atomic E-state index is 8.81. The number of aromatic nitrogens is 3. The SMILES string of the molecule is NC(CCO)c1nccn2c(Cl)cnc12. The molecular formula is C9H11ClN4O. The highest BCUT2D eigenvalue weighted by Gasteiger charge is 2.13. The zero-order chi connectivity index (χ0) is 10.8. The predicted molar refractivity (Wildman–Crippen MR) is 56.6 cm³/mol. The van der Waals surface area contributed by atoms with Gasteiger partial charge in [0.2, 0.25) is 0 Å². The summed E-state index contributed by atoms with van der Waals surface area (Å²) < 4.78 is 1.71. The second-order valence-corrected chi connectivity index (χ2v) is 3.59. The van der Waals surface area contributed by atoms with Crippen LogP contribution in [0.25, 0.3) is 5.65 Å². The van der Waals surface area contributed by atoms with Gasteiger partial charge in [-0.2, -0.15) is 0 Å². The summed E-state index contributed by atoms with van der Waals surface area (Å²) in [5.41, 5.74) is 7.16. The molecule has 0 aliphatic heterocycles. The molecule has 80 valence electrons. The Morgan fingerprint density at radius 3 is 3.07 bits per heavy atom. The van der Waals surface area contributed by atoms with Gasteiger partial charge in [0.25, 0.3) is 0 Å². The number of halogens is 1. The molecule has 0 amide bonds. The van der Waals surface area contributed by atoms with E-state index in [1.807, 2.05) is 0 Å². The van der Waals surface area contributed by atoms with Crippen molar-refractivity contribution in [3.05, 3.63) is 29.4 Å². The lowest BCUT2D eigenvalue weighted by Gasteiger charge is -2.09. The van der Waals surface area contributed by atoms with Crippen molar-refractivity contribution in [1.82, 2.24) is 14.4 Å². The van der Waals surface area contributed by atoms with Gasteiger partial charge in [0.15, 0.2) is 5.65 Å². The number of nitrogens with zero attached hydrogens (tertiary/aromatic N) is 3. The van der Waals surface area contributed by atoms with Gasteiger partial charge in [-0.05, 0) is 6.42 Å². The van der Waals surface area contributed by atoms with Crippen LogP contribution >= 0.6 is 11.6 Å². The van der Waals surface area contributed by atoms with E-state index >= 15 is 0 Å². The number of nitrogens with two attached hydrogens (primary N) is 1. The Labute approximate surface area is 91.5 Å². The average molecular weight is 227 g/mol. The van der Waals surface area contributed by atoms with Gasteiger partial charge >= 0.3 is 0 Å². The summed E-state index contributed by atoms with van der Waals surface area (Å²) in [5, 5.41) is 9.33. The maximum absolute atomic E-state index is 8.81. The van der Waals surface area contributed by atoms with E-state index in [0.29, 0.717) is 22.9 Å². The minimum absolute atomic E-state index is 0.0261. The van der Waals surface area contributed by atoms with Crippen molar-refractivity contribution < 1.29 is 5.11 Å². The fourth-order valence-electron chi connectivity index (χ4n) is 1.45. The maximum Gasteiger partial charge on any atom is 0.161 e. The molecule has 0 saturated heterocycles. The van der Waals surface area contributed by atoms with Gasteiger partial charge in [-0.1, -0.05) is 11.6 Å². The van der Waals surface area contributed by atoms with Crippen molar-refractivity contribution in [2.75, 3.05) is 6.61 Å². The smallest absolute Gasteiger partial charge is 0.161 e. The summed E-state index contributed by atoms with van der Waals surface area (Å²) in [6.45, 7) is 0.0261. The lowest BCUT2D eigenvalue weighted by molar-refractivity contribution is 0.276. The summed E-state index contributed by atoms with van der Waals surface area (Å²) in [7, 11) is 0. The first-order chi connectivity index (χ1) is 7.24. The standard InChI is InChI=1S/C9H11ClN4O/c10-7-5-13-9-8(6(11)1-4-15)12-2-3-14(7)9/h2-3,5-6,15H,1,4,11H2. The number of hydrogen-bond acceptors (Lipinski definition) is 4. The molecule has 1 atom stereocenters. The van der Waals surface area contributed by atoms with Crippen LogP contribution in [-0.4, -0.2) is 26.1 Å². The monoisotopic (exact) mass is 226 g/mol. The molecule has 0 aromatic carbocycles. The molecule has 0 bridgehead atoms. The molecule has 3 N–H and O–H groups in total. The molecule has 2 aromatic rings. The topological polar surface area (TPSA) is 76.4 Å². The molecule has 15 heavy (non-hydrogen) atoms. The summed E-state index contributed by atoms with van der Waals surface area (Å²) in [5.74, 6) is 0. The van der Waals surface area contributed by atoms with Gasteiger partial charge in [-0.3, -0.25) is 9.38 Å². The third kappa shape index (κ3) is 1.81. The molecule has 2 rings (SSSR count). The first kappa shape index (κ1) is 10.4. The molecular weight excluding hydrogens is 216 g/mol. The van der Waals surface area contributed by atoms with E-state index in [-0.39, 0.29) is 12.6 Å². The van der Waals surface area contributed by atoms with Gasteiger partial charge < -0.3 is 10.8 Å². The van der Waals surface area contributed by atoms with Crippen LogP contribution in [0.15, 0.2) is 18.6 Å². The Hall–Kier alpha value is -1.17. The zero-order valence-electron chi connectivity index (χ0n) is 7.97. The Kier molecular flexibility index (Phi) is 2.86. The van der Waals surface area contributed by atoms with E-state index in [1.165, 1.54) is 0 Å². The van der Waals surface area contributed by atoms with E-state index in [4.69, 9.17) is 22.4 Å². The molecule has 6 heteroatoms. The largest absolute Gasteiger partial charge is 0.396 e. The first-order valence-electron chi connectivity index (χ1n) is 4.58. The number of fused-ring (bicyclic) bond motifs is 1. The summed E-state index contributed by atoms with van der Waals surface area (Å²) in [6, 6.07) is -0.322. The van der Waals surface area contributed by atoms with Crippen LogP contribution in [0.1, 0.15) is 18.2 Å². The minimum atomic E-state index is -0.322. The van der Waals surface area contributed by atoms with Crippen molar-refractivity contribution >= 4 is 17.2 Å². The van der Waals surface area contributed by atoms with Crippen molar-refractivity contribution in [1.29, 1.82) is 0 Å². The van der Waals surface area contributed by atoms with E-state index in [2.05, 4.69) is 9.97 Å². The van der Waals surface area contributed by atoms with Gasteiger partial charge in [0, 0.05) is 19.0 Å². The molecule has 1 unspecified atom stereocenters. The Morgan fingerprint density at radius 2 is 2.33 bits per heavy atom. The average Bonchev–Trinajstić information content (AvgIpc) is 2.61. The Balaban J connectivity index is 2.51. The molecule has 0 aliphatic carbocycles. The van der Waals surface area contributed by atoms with E-state index in [1.54, 1.807) is 23.0 Å². The molecule has 5 nitrogen and oxygen atoms in total. The van der Waals surface area contributed by atoms with Gasteiger partial charge in [-0.15, -0.1) is 0 Å². The number of aliphatic hydroxyl groups excluding tert-OH is 1. The van der Waals surface area contributed by atoms with Crippen molar-refractivity contribution in [3.63, 3.8) is 0 Å². The number of imidazole rings is 1. The predicted octanol–water partition coefficient (Wildman–Crippen LogP) is 0.765. The normalized spacial score (nSPS) is 13.3. The first-order valence-corrected chi connectivity index (χ1v) is 4.95. The number of rotatable bonds is 3. The summed E-state index contributed by atoms with van der Waals surface area (Å²) in [4.78, 5) is 8.29. The summed E-state index contributed by atoms with van der Waals surface area (Å²) >= 11 is 5.91. The van der Waals surface area contributed by atoms with Crippen molar-refractivity contribution in [3.8, 4) is 0 Å². The van der Waals surface area contributed by atoms with Gasteiger partial charge in [0.1, 0.15) is 10.8 Å². The number of hydrogen-bond donors (Lipinski definition) is 2. The Bertz CT molecular complexity index is 470.